The molecule has 0 aliphatic carbocycles. The SMILES string of the molecule is CC(C)(C)P(=NC(=S)Nc1ccc(S(=O)(=O)N2CCCC2)cc1)(N1CCCCCC1)N1CCCCCC1. The number of rotatable bonds is 5. The first kappa shape index (κ1) is 29.2. The van der Waals surface area contributed by atoms with Crippen LogP contribution in [-0.4, -0.2) is 71.6 Å². The summed E-state index contributed by atoms with van der Waals surface area (Å²) < 4.78 is 38.4. The fraction of sp³-hybridized carbons (Fsp3) is 0.741. The Labute approximate surface area is 230 Å². The van der Waals surface area contributed by atoms with Gasteiger partial charge in [-0.05, 0) is 75.0 Å². The molecular weight excluding hydrogens is 521 g/mol. The lowest BCUT2D eigenvalue weighted by Crippen LogP contribution is -2.42. The molecule has 0 bridgehead atoms. The van der Waals surface area contributed by atoms with Crippen molar-refractivity contribution >= 4 is 40.4 Å². The lowest BCUT2D eigenvalue weighted by Gasteiger charge is -2.50. The third-order valence-electron chi connectivity index (χ3n) is 7.89. The first-order valence-corrected chi connectivity index (χ1v) is 17.7. The highest BCUT2D eigenvalue weighted by Crippen LogP contribution is 2.66. The van der Waals surface area contributed by atoms with E-state index in [0.717, 1.165) is 44.7 Å². The highest BCUT2D eigenvalue weighted by atomic mass is 32.2. The van der Waals surface area contributed by atoms with E-state index in [1.807, 2.05) is 12.1 Å². The topological polar surface area (TPSA) is 68.2 Å². The van der Waals surface area contributed by atoms with Crippen molar-refractivity contribution in [2.45, 2.75) is 95.0 Å². The Morgan fingerprint density at radius 2 is 1.22 bits per heavy atom. The Morgan fingerprint density at radius 3 is 1.65 bits per heavy atom. The van der Waals surface area contributed by atoms with Gasteiger partial charge in [0.05, 0.1) is 4.90 Å². The van der Waals surface area contributed by atoms with Crippen molar-refractivity contribution in [3.63, 3.8) is 0 Å². The Morgan fingerprint density at radius 1 is 0.784 bits per heavy atom. The zero-order chi connectivity index (χ0) is 26.5. The molecule has 1 N–H and O–H groups in total. The summed E-state index contributed by atoms with van der Waals surface area (Å²) in [4.78, 5) is 0.341. The van der Waals surface area contributed by atoms with E-state index < -0.39 is 17.4 Å². The Hall–Kier alpha value is -0.830. The van der Waals surface area contributed by atoms with Crippen LogP contribution in [0.3, 0.4) is 0 Å². The summed E-state index contributed by atoms with van der Waals surface area (Å²) in [6.07, 6.45) is 11.9. The van der Waals surface area contributed by atoms with E-state index in [2.05, 4.69) is 35.4 Å². The number of benzene rings is 1. The summed E-state index contributed by atoms with van der Waals surface area (Å²) in [6.45, 7) is 12.6. The highest BCUT2D eigenvalue weighted by molar-refractivity contribution is 7.89. The summed E-state index contributed by atoms with van der Waals surface area (Å²) in [5, 5.41) is 3.82. The molecule has 3 aliphatic heterocycles. The molecule has 1 aromatic carbocycles. The van der Waals surface area contributed by atoms with Crippen LogP contribution in [-0.2, 0) is 10.0 Å². The quantitative estimate of drug-likeness (QED) is 0.314. The van der Waals surface area contributed by atoms with Crippen LogP contribution in [0.1, 0.15) is 85.0 Å². The van der Waals surface area contributed by atoms with Crippen LogP contribution >= 0.6 is 19.6 Å². The second kappa shape index (κ2) is 12.6. The molecule has 3 aliphatic rings. The van der Waals surface area contributed by atoms with E-state index in [4.69, 9.17) is 17.0 Å². The number of sulfonamides is 1. The van der Waals surface area contributed by atoms with E-state index in [1.54, 1.807) is 16.4 Å². The molecule has 0 amide bonds. The van der Waals surface area contributed by atoms with Gasteiger partial charge in [-0.25, -0.2) is 13.2 Å². The summed E-state index contributed by atoms with van der Waals surface area (Å²) in [5.74, 6) is 0. The third-order valence-corrected chi connectivity index (χ3v) is 14.8. The molecule has 0 atom stereocenters. The number of nitrogens with zero attached hydrogens (tertiary/aromatic N) is 4. The van der Waals surface area contributed by atoms with Gasteiger partial charge in [0.1, 0.15) is 7.36 Å². The lowest BCUT2D eigenvalue weighted by atomic mass is 10.2. The maximum absolute atomic E-state index is 12.9. The monoisotopic (exact) mass is 567 g/mol. The molecule has 37 heavy (non-hydrogen) atoms. The van der Waals surface area contributed by atoms with Gasteiger partial charge in [-0.3, -0.25) is 9.34 Å². The van der Waals surface area contributed by atoms with E-state index in [9.17, 15) is 8.42 Å². The first-order valence-electron chi connectivity index (χ1n) is 14.2. The van der Waals surface area contributed by atoms with Crippen molar-refractivity contribution < 1.29 is 8.42 Å². The number of thiocarbonyl (C=S) groups is 1. The average Bonchev–Trinajstić information content (AvgIpc) is 3.09. The second-order valence-electron chi connectivity index (χ2n) is 11.6. The maximum atomic E-state index is 12.9. The van der Waals surface area contributed by atoms with Crippen molar-refractivity contribution in [3.8, 4) is 0 Å². The van der Waals surface area contributed by atoms with Crippen LogP contribution in [0.2, 0.25) is 0 Å². The molecule has 0 radical (unpaired) electrons. The zero-order valence-corrected chi connectivity index (χ0v) is 25.5. The minimum atomic E-state index is -3.43. The average molecular weight is 568 g/mol. The minimum Gasteiger partial charge on any atom is -0.331 e. The molecule has 0 saturated carbocycles. The Kier molecular flexibility index (Phi) is 9.90. The van der Waals surface area contributed by atoms with Crippen LogP contribution in [0.25, 0.3) is 0 Å². The fourth-order valence-corrected chi connectivity index (χ4v) is 12.6. The molecule has 208 valence electrons. The molecule has 1 aromatic rings. The van der Waals surface area contributed by atoms with E-state index >= 15 is 0 Å². The largest absolute Gasteiger partial charge is 0.331 e. The third kappa shape index (κ3) is 6.67. The van der Waals surface area contributed by atoms with Gasteiger partial charge < -0.3 is 5.32 Å². The maximum Gasteiger partial charge on any atom is 0.243 e. The molecule has 3 saturated heterocycles. The van der Waals surface area contributed by atoms with Crippen molar-refractivity contribution in [2.24, 2.45) is 4.74 Å². The second-order valence-corrected chi connectivity index (χ2v) is 17.8. The van der Waals surface area contributed by atoms with Crippen LogP contribution in [0.5, 0.6) is 0 Å². The van der Waals surface area contributed by atoms with Gasteiger partial charge in [-0.15, -0.1) is 0 Å². The van der Waals surface area contributed by atoms with Gasteiger partial charge in [0.2, 0.25) is 10.0 Å². The molecular formula is C27H46N5O2PS2. The molecule has 4 rings (SSSR count). The minimum absolute atomic E-state index is 0.0406. The highest BCUT2D eigenvalue weighted by Gasteiger charge is 2.44. The smallest absolute Gasteiger partial charge is 0.243 e. The van der Waals surface area contributed by atoms with Crippen LogP contribution in [0, 0.1) is 0 Å². The van der Waals surface area contributed by atoms with Crippen LogP contribution < -0.4 is 5.32 Å². The van der Waals surface area contributed by atoms with Gasteiger partial charge in [0.15, 0.2) is 5.11 Å². The van der Waals surface area contributed by atoms with E-state index in [1.165, 1.54) is 51.4 Å². The summed E-state index contributed by atoms with van der Waals surface area (Å²) >= 11 is 5.92. The van der Waals surface area contributed by atoms with Crippen molar-refractivity contribution in [3.05, 3.63) is 24.3 Å². The fourth-order valence-electron chi connectivity index (χ4n) is 6.03. The predicted molar refractivity (Wildman–Crippen MR) is 160 cm³/mol. The van der Waals surface area contributed by atoms with E-state index in [-0.39, 0.29) is 5.16 Å². The standard InChI is InChI=1S/C27H46N5O2PS2/c1-27(2,3)35(30-18-8-4-5-9-19-30,31-20-10-6-7-11-21-31)29-26(36)28-24-14-16-25(17-15-24)37(33,34)32-22-12-13-23-32/h14-17H,4-13,18-23H2,1-3H3,(H,28,36). The van der Waals surface area contributed by atoms with Crippen LogP contribution in [0.4, 0.5) is 5.69 Å². The predicted octanol–water partition coefficient (Wildman–Crippen LogP) is 6.75. The number of hydrogen-bond acceptors (Lipinski definition) is 3. The first-order chi connectivity index (χ1) is 17.6. The van der Waals surface area contributed by atoms with Gasteiger partial charge in [-0.1, -0.05) is 46.5 Å². The molecule has 7 nitrogen and oxygen atoms in total. The molecule has 0 unspecified atom stereocenters. The van der Waals surface area contributed by atoms with Gasteiger partial charge >= 0.3 is 0 Å². The summed E-state index contributed by atoms with van der Waals surface area (Å²) in [6, 6.07) is 7.02. The normalized spacial score (nSPS) is 21.8. The van der Waals surface area contributed by atoms with Crippen molar-refractivity contribution in [1.82, 2.24) is 13.6 Å². The number of nitrogens with one attached hydrogen (secondary N) is 1. The zero-order valence-electron chi connectivity index (χ0n) is 23.0. The number of anilines is 1. The molecule has 0 aromatic heterocycles. The van der Waals surface area contributed by atoms with Crippen molar-refractivity contribution in [2.75, 3.05) is 44.6 Å². The molecule has 3 fully saturated rings. The Balaban J connectivity index is 1.64. The summed E-state index contributed by atoms with van der Waals surface area (Å²) in [5.41, 5.74) is 0.785. The molecule has 3 heterocycles. The molecule has 0 spiro atoms. The van der Waals surface area contributed by atoms with Crippen LogP contribution in [0.15, 0.2) is 33.9 Å². The van der Waals surface area contributed by atoms with Gasteiger partial charge in [-0.2, -0.15) is 4.31 Å². The summed E-state index contributed by atoms with van der Waals surface area (Å²) in [7, 11) is -5.57. The molecule has 10 heteroatoms. The number of hydrogen-bond donors (Lipinski definition) is 1. The van der Waals surface area contributed by atoms with Crippen molar-refractivity contribution in [1.29, 1.82) is 0 Å². The van der Waals surface area contributed by atoms with E-state index in [0.29, 0.717) is 23.1 Å². The lowest BCUT2D eigenvalue weighted by molar-refractivity contribution is 0.368. The Bertz CT molecular complexity index is 1040. The van der Waals surface area contributed by atoms with Gasteiger partial charge in [0.25, 0.3) is 0 Å². The van der Waals surface area contributed by atoms with Gasteiger partial charge in [0, 0.05) is 50.1 Å².